The molecule has 3 aromatic carbocycles. The summed E-state index contributed by atoms with van der Waals surface area (Å²) in [6.07, 6.45) is 3.30. The van der Waals surface area contributed by atoms with Gasteiger partial charge in [-0.05, 0) is 73.2 Å². The zero-order chi connectivity index (χ0) is 26.4. The molecule has 37 heavy (non-hydrogen) atoms. The van der Waals surface area contributed by atoms with Crippen molar-refractivity contribution in [1.29, 1.82) is 0 Å². The molecule has 0 radical (unpaired) electrons. The van der Waals surface area contributed by atoms with E-state index in [1.165, 1.54) is 12.5 Å². The van der Waals surface area contributed by atoms with Gasteiger partial charge in [-0.3, -0.25) is 4.57 Å². The average Bonchev–Trinajstić information content (AvgIpc) is 3.18. The van der Waals surface area contributed by atoms with Crippen molar-refractivity contribution in [3.63, 3.8) is 0 Å². The molecule has 1 heterocycles. The van der Waals surface area contributed by atoms with E-state index in [-0.39, 0.29) is 5.69 Å². The number of esters is 1. The predicted molar refractivity (Wildman–Crippen MR) is 145 cm³/mol. The molecule has 0 bridgehead atoms. The van der Waals surface area contributed by atoms with Crippen LogP contribution in [0.2, 0.25) is 0 Å². The van der Waals surface area contributed by atoms with Crippen LogP contribution in [0.25, 0.3) is 10.8 Å². The minimum absolute atomic E-state index is 0.0558. The van der Waals surface area contributed by atoms with Crippen LogP contribution in [0.5, 0.6) is 5.75 Å². The number of methoxy groups -OCH3 is 1. The van der Waals surface area contributed by atoms with Gasteiger partial charge in [-0.2, -0.15) is 5.10 Å². The van der Waals surface area contributed by atoms with Gasteiger partial charge in [-0.25, -0.2) is 14.3 Å². The van der Waals surface area contributed by atoms with Crippen molar-refractivity contribution in [2.75, 3.05) is 7.11 Å². The number of carbonyl (C=O) groups excluding carboxylic acids is 1. The Morgan fingerprint density at radius 1 is 0.946 bits per heavy atom. The highest BCUT2D eigenvalue weighted by molar-refractivity contribution is 5.83. The van der Waals surface area contributed by atoms with Gasteiger partial charge in [0.15, 0.2) is 5.60 Å². The molecule has 0 atom stereocenters. The van der Waals surface area contributed by atoms with Gasteiger partial charge >= 0.3 is 11.7 Å². The number of ether oxygens (including phenoxy) is 2. The van der Waals surface area contributed by atoms with Crippen LogP contribution < -0.4 is 10.4 Å². The number of fused-ring (bicyclic) bond motifs is 1. The highest BCUT2D eigenvalue weighted by Crippen LogP contribution is 2.21. The monoisotopic (exact) mass is 501 g/mol. The minimum Gasteiger partial charge on any atom is -0.476 e. The molecule has 4 aromatic rings. The van der Waals surface area contributed by atoms with Gasteiger partial charge in [0.25, 0.3) is 0 Å². The SMILES string of the molecule is CCCn1c(CCCc2ccc(OC(C)(C)C(=O)OC)cc2)nn(Cc2ccc3ccccc3c2)c1=O. The maximum atomic E-state index is 13.1. The standard InChI is InChI=1S/C30H35N3O4/c1-5-19-32-27(12-8-9-22-14-17-26(18-15-22)37-30(2,3)28(34)36-4)31-33(29(32)35)21-23-13-16-24-10-6-7-11-25(24)20-23/h6-7,10-11,13-18,20H,5,8-9,12,19,21H2,1-4H3. The van der Waals surface area contributed by atoms with E-state index in [4.69, 9.17) is 14.6 Å². The summed E-state index contributed by atoms with van der Waals surface area (Å²) in [6, 6.07) is 22.2. The zero-order valence-corrected chi connectivity index (χ0v) is 22.1. The molecule has 0 saturated heterocycles. The van der Waals surface area contributed by atoms with Crippen LogP contribution in [-0.2, 0) is 35.5 Å². The number of carbonyl (C=O) groups is 1. The highest BCUT2D eigenvalue weighted by Gasteiger charge is 2.31. The lowest BCUT2D eigenvalue weighted by atomic mass is 10.1. The molecule has 0 fully saturated rings. The number of hydrogen-bond acceptors (Lipinski definition) is 5. The molecule has 194 valence electrons. The molecule has 0 unspecified atom stereocenters. The Balaban J connectivity index is 1.41. The van der Waals surface area contributed by atoms with Gasteiger partial charge in [0.1, 0.15) is 11.6 Å². The third kappa shape index (κ3) is 6.28. The molecule has 0 aliphatic rings. The van der Waals surface area contributed by atoms with Crippen molar-refractivity contribution >= 4 is 16.7 Å². The van der Waals surface area contributed by atoms with Gasteiger partial charge in [0.2, 0.25) is 0 Å². The number of nitrogens with zero attached hydrogens (tertiary/aromatic N) is 3. The second-order valence-electron chi connectivity index (χ2n) is 9.79. The molecule has 0 aliphatic heterocycles. The van der Waals surface area contributed by atoms with Crippen molar-refractivity contribution in [3.8, 4) is 5.75 Å². The fraction of sp³-hybridized carbons (Fsp3) is 0.367. The molecule has 0 saturated carbocycles. The van der Waals surface area contributed by atoms with E-state index in [1.807, 2.05) is 41.0 Å². The van der Waals surface area contributed by atoms with Gasteiger partial charge in [0.05, 0.1) is 13.7 Å². The van der Waals surface area contributed by atoms with Crippen LogP contribution >= 0.6 is 0 Å². The third-order valence-corrected chi connectivity index (χ3v) is 6.43. The first kappa shape index (κ1) is 26.2. The van der Waals surface area contributed by atoms with E-state index < -0.39 is 11.6 Å². The molecule has 0 spiro atoms. The van der Waals surface area contributed by atoms with Crippen LogP contribution in [-0.4, -0.2) is 33.0 Å². The fourth-order valence-corrected chi connectivity index (χ4v) is 4.49. The van der Waals surface area contributed by atoms with Crippen LogP contribution in [0.1, 0.15) is 50.6 Å². The molecule has 0 amide bonds. The smallest absolute Gasteiger partial charge is 0.349 e. The Hall–Kier alpha value is -3.87. The summed E-state index contributed by atoms with van der Waals surface area (Å²) in [5.74, 6) is 1.02. The van der Waals surface area contributed by atoms with Gasteiger partial charge in [0, 0.05) is 13.0 Å². The van der Waals surface area contributed by atoms with E-state index in [2.05, 4.69) is 37.3 Å². The molecule has 4 rings (SSSR count). The largest absolute Gasteiger partial charge is 0.476 e. The first-order valence-corrected chi connectivity index (χ1v) is 12.8. The van der Waals surface area contributed by atoms with Crippen LogP contribution in [0.15, 0.2) is 71.5 Å². The molecule has 0 aliphatic carbocycles. The zero-order valence-electron chi connectivity index (χ0n) is 22.1. The molecule has 7 heteroatoms. The van der Waals surface area contributed by atoms with Crippen molar-refractivity contribution in [2.45, 2.75) is 65.1 Å². The summed E-state index contributed by atoms with van der Waals surface area (Å²) in [6.45, 7) is 6.55. The van der Waals surface area contributed by atoms with Gasteiger partial charge < -0.3 is 9.47 Å². The number of hydrogen-bond donors (Lipinski definition) is 0. The van der Waals surface area contributed by atoms with E-state index in [0.717, 1.165) is 41.6 Å². The molecular weight excluding hydrogens is 466 g/mol. The summed E-state index contributed by atoms with van der Waals surface area (Å²) in [4.78, 5) is 25.0. The summed E-state index contributed by atoms with van der Waals surface area (Å²) < 4.78 is 14.0. The second-order valence-corrected chi connectivity index (χ2v) is 9.79. The number of benzene rings is 3. The first-order chi connectivity index (χ1) is 17.8. The number of aryl methyl sites for hydroxylation is 2. The maximum absolute atomic E-state index is 13.1. The van der Waals surface area contributed by atoms with Crippen LogP contribution in [0, 0.1) is 0 Å². The second kappa shape index (κ2) is 11.5. The number of rotatable bonds is 11. The molecule has 1 aromatic heterocycles. The van der Waals surface area contributed by atoms with Gasteiger partial charge in [-0.15, -0.1) is 0 Å². The lowest BCUT2D eigenvalue weighted by Crippen LogP contribution is -2.39. The maximum Gasteiger partial charge on any atom is 0.349 e. The first-order valence-electron chi connectivity index (χ1n) is 12.8. The normalized spacial score (nSPS) is 11.6. The fourth-order valence-electron chi connectivity index (χ4n) is 4.49. The Labute approximate surface area is 217 Å². The average molecular weight is 502 g/mol. The lowest BCUT2D eigenvalue weighted by Gasteiger charge is -2.23. The molecular formula is C30H35N3O4. The molecule has 0 N–H and O–H groups in total. The Morgan fingerprint density at radius 2 is 1.65 bits per heavy atom. The highest BCUT2D eigenvalue weighted by atomic mass is 16.6. The van der Waals surface area contributed by atoms with Crippen molar-refractivity contribution in [2.24, 2.45) is 0 Å². The van der Waals surface area contributed by atoms with E-state index >= 15 is 0 Å². The summed E-state index contributed by atoms with van der Waals surface area (Å²) in [5.41, 5.74) is 1.11. The topological polar surface area (TPSA) is 75.3 Å². The summed E-state index contributed by atoms with van der Waals surface area (Å²) in [5, 5.41) is 7.06. The summed E-state index contributed by atoms with van der Waals surface area (Å²) >= 11 is 0. The quantitative estimate of drug-likeness (QED) is 0.265. The summed E-state index contributed by atoms with van der Waals surface area (Å²) in [7, 11) is 1.35. The third-order valence-electron chi connectivity index (χ3n) is 6.43. The Bertz CT molecular complexity index is 1420. The van der Waals surface area contributed by atoms with Crippen molar-refractivity contribution in [1.82, 2.24) is 14.3 Å². The van der Waals surface area contributed by atoms with Crippen molar-refractivity contribution < 1.29 is 14.3 Å². The van der Waals surface area contributed by atoms with E-state index in [0.29, 0.717) is 25.3 Å². The van der Waals surface area contributed by atoms with Gasteiger partial charge in [-0.1, -0.05) is 55.5 Å². The predicted octanol–water partition coefficient (Wildman–Crippen LogP) is 5.16. The van der Waals surface area contributed by atoms with E-state index in [9.17, 15) is 9.59 Å². The Morgan fingerprint density at radius 3 is 2.35 bits per heavy atom. The molecule has 7 nitrogen and oxygen atoms in total. The lowest BCUT2D eigenvalue weighted by molar-refractivity contribution is -0.156. The minimum atomic E-state index is -1.05. The van der Waals surface area contributed by atoms with Crippen LogP contribution in [0.4, 0.5) is 0 Å². The number of aromatic nitrogens is 3. The van der Waals surface area contributed by atoms with Crippen molar-refractivity contribution in [3.05, 3.63) is 94.2 Å². The van der Waals surface area contributed by atoms with Crippen LogP contribution in [0.3, 0.4) is 0 Å². The van der Waals surface area contributed by atoms with E-state index in [1.54, 1.807) is 18.5 Å². The Kier molecular flexibility index (Phi) is 8.11.